The molecule has 3 nitrogen and oxygen atoms in total. The fourth-order valence-corrected chi connectivity index (χ4v) is 2.49. The van der Waals surface area contributed by atoms with Gasteiger partial charge >= 0.3 is 0 Å². The Balaban J connectivity index is 2.58. The first kappa shape index (κ1) is 17.2. The topological polar surface area (TPSA) is 32.7 Å². The lowest BCUT2D eigenvalue weighted by Crippen LogP contribution is -2.35. The van der Waals surface area contributed by atoms with Crippen molar-refractivity contribution in [2.75, 3.05) is 26.8 Å². The summed E-state index contributed by atoms with van der Waals surface area (Å²) in [6.07, 6.45) is 0.363. The number of aliphatic hydroxyl groups is 1. The van der Waals surface area contributed by atoms with Gasteiger partial charge in [0.2, 0.25) is 0 Å². The molecule has 114 valence electrons. The molecule has 0 amide bonds. The molecule has 0 aromatic heterocycles. The maximum Gasteiger partial charge on any atom is 0.0802 e. The van der Waals surface area contributed by atoms with Crippen molar-refractivity contribution in [2.45, 2.75) is 46.3 Å². The molecule has 0 aliphatic heterocycles. The Morgan fingerprint density at radius 3 is 2.20 bits per heavy atom. The summed E-state index contributed by atoms with van der Waals surface area (Å²) < 4.78 is 5.14. The highest BCUT2D eigenvalue weighted by molar-refractivity contribution is 5.29. The molecule has 0 fully saturated rings. The van der Waals surface area contributed by atoms with Gasteiger partial charge in [-0.05, 0) is 39.7 Å². The summed E-state index contributed by atoms with van der Waals surface area (Å²) in [5, 5.41) is 10.4. The van der Waals surface area contributed by atoms with Crippen LogP contribution in [-0.4, -0.2) is 42.9 Å². The molecule has 0 radical (unpaired) electrons. The van der Waals surface area contributed by atoms with E-state index in [0.717, 1.165) is 31.7 Å². The number of benzene rings is 1. The Labute approximate surface area is 123 Å². The molecule has 0 spiro atoms. The maximum absolute atomic E-state index is 10.4. The normalized spacial score (nSPS) is 13.2. The second-order valence-corrected chi connectivity index (χ2v) is 5.85. The van der Waals surface area contributed by atoms with E-state index in [1.807, 2.05) is 0 Å². The van der Waals surface area contributed by atoms with Crippen molar-refractivity contribution in [3.05, 3.63) is 34.9 Å². The first-order valence-corrected chi connectivity index (χ1v) is 7.43. The van der Waals surface area contributed by atoms with Crippen molar-refractivity contribution in [1.29, 1.82) is 0 Å². The highest BCUT2D eigenvalue weighted by atomic mass is 16.5. The second-order valence-electron chi connectivity index (χ2n) is 5.85. The zero-order valence-corrected chi connectivity index (χ0v) is 13.5. The van der Waals surface area contributed by atoms with Crippen LogP contribution in [-0.2, 0) is 4.74 Å². The molecular formula is C17H29NO2. The standard InChI is InChI=1S/C17H29NO2/c1-13(2)18(8-9-20-5)7-6-17(19)16-11-14(3)10-15(4)12-16/h10-13,17,19H,6-9H2,1-5H3. The van der Waals surface area contributed by atoms with Crippen LogP contribution >= 0.6 is 0 Å². The Kier molecular flexibility index (Phi) is 7.20. The Morgan fingerprint density at radius 2 is 1.70 bits per heavy atom. The Bertz CT molecular complexity index is 384. The van der Waals surface area contributed by atoms with E-state index in [1.54, 1.807) is 7.11 Å². The van der Waals surface area contributed by atoms with Crippen LogP contribution in [0.15, 0.2) is 18.2 Å². The first-order valence-electron chi connectivity index (χ1n) is 7.43. The van der Waals surface area contributed by atoms with Gasteiger partial charge in [-0.3, -0.25) is 4.90 Å². The summed E-state index contributed by atoms with van der Waals surface area (Å²) in [4.78, 5) is 2.34. The first-order chi connectivity index (χ1) is 9.43. The smallest absolute Gasteiger partial charge is 0.0802 e. The van der Waals surface area contributed by atoms with Gasteiger partial charge in [-0.25, -0.2) is 0 Å². The number of aliphatic hydroxyl groups excluding tert-OH is 1. The quantitative estimate of drug-likeness (QED) is 0.794. The van der Waals surface area contributed by atoms with E-state index in [9.17, 15) is 5.11 Å². The minimum Gasteiger partial charge on any atom is -0.388 e. The molecule has 0 bridgehead atoms. The lowest BCUT2D eigenvalue weighted by molar-refractivity contribution is 0.102. The monoisotopic (exact) mass is 279 g/mol. The zero-order chi connectivity index (χ0) is 15.1. The molecular weight excluding hydrogens is 250 g/mol. The van der Waals surface area contributed by atoms with Gasteiger partial charge in [-0.2, -0.15) is 0 Å². The van der Waals surface area contributed by atoms with E-state index in [0.29, 0.717) is 6.04 Å². The molecule has 1 rings (SSSR count). The average Bonchev–Trinajstić information content (AvgIpc) is 2.36. The third kappa shape index (κ3) is 5.61. The van der Waals surface area contributed by atoms with Crippen LogP contribution in [0.1, 0.15) is 43.1 Å². The van der Waals surface area contributed by atoms with Gasteiger partial charge in [-0.15, -0.1) is 0 Å². The molecule has 1 aromatic rings. The molecule has 0 aliphatic rings. The van der Waals surface area contributed by atoms with Crippen molar-refractivity contribution < 1.29 is 9.84 Å². The summed E-state index contributed by atoms with van der Waals surface area (Å²) in [5.74, 6) is 0. The molecule has 1 atom stereocenters. The van der Waals surface area contributed by atoms with Gasteiger partial charge in [-0.1, -0.05) is 29.3 Å². The number of nitrogens with zero attached hydrogens (tertiary/aromatic N) is 1. The summed E-state index contributed by atoms with van der Waals surface area (Å²) in [6, 6.07) is 6.76. The molecule has 1 aromatic carbocycles. The van der Waals surface area contributed by atoms with Gasteiger partial charge in [0.15, 0.2) is 0 Å². The molecule has 1 unspecified atom stereocenters. The Hall–Kier alpha value is -0.900. The van der Waals surface area contributed by atoms with Crippen molar-refractivity contribution in [2.24, 2.45) is 0 Å². The number of hydrogen-bond acceptors (Lipinski definition) is 3. The van der Waals surface area contributed by atoms with Crippen molar-refractivity contribution >= 4 is 0 Å². The average molecular weight is 279 g/mol. The number of ether oxygens (including phenoxy) is 1. The lowest BCUT2D eigenvalue weighted by atomic mass is 10.0. The summed E-state index contributed by atoms with van der Waals surface area (Å²) in [6.45, 7) is 11.0. The minimum absolute atomic E-state index is 0.391. The SMILES string of the molecule is COCCN(CCC(O)c1cc(C)cc(C)c1)C(C)C. The number of hydrogen-bond donors (Lipinski definition) is 1. The van der Waals surface area contributed by atoms with Gasteiger partial charge < -0.3 is 9.84 Å². The van der Waals surface area contributed by atoms with Crippen molar-refractivity contribution in [1.82, 2.24) is 4.90 Å². The molecule has 1 N–H and O–H groups in total. The summed E-state index contributed by atoms with van der Waals surface area (Å²) >= 11 is 0. The Morgan fingerprint density at radius 1 is 1.10 bits per heavy atom. The van der Waals surface area contributed by atoms with E-state index in [2.05, 4.69) is 50.8 Å². The molecule has 20 heavy (non-hydrogen) atoms. The zero-order valence-electron chi connectivity index (χ0n) is 13.5. The van der Waals surface area contributed by atoms with Crippen molar-refractivity contribution in [3.63, 3.8) is 0 Å². The molecule has 0 heterocycles. The number of aryl methyl sites for hydroxylation is 2. The third-order valence-corrected chi connectivity index (χ3v) is 3.63. The van der Waals surface area contributed by atoms with Crippen LogP contribution in [0.25, 0.3) is 0 Å². The van der Waals surface area contributed by atoms with E-state index >= 15 is 0 Å². The predicted molar refractivity (Wildman–Crippen MR) is 84.1 cm³/mol. The molecule has 0 saturated heterocycles. The fraction of sp³-hybridized carbons (Fsp3) is 0.647. The van der Waals surface area contributed by atoms with Crippen LogP contribution in [0.3, 0.4) is 0 Å². The van der Waals surface area contributed by atoms with E-state index in [-0.39, 0.29) is 0 Å². The number of methoxy groups -OCH3 is 1. The molecule has 0 aliphatic carbocycles. The van der Waals surface area contributed by atoms with Crippen LogP contribution < -0.4 is 0 Å². The maximum atomic E-state index is 10.4. The highest BCUT2D eigenvalue weighted by Gasteiger charge is 2.13. The van der Waals surface area contributed by atoms with Gasteiger partial charge in [0, 0.05) is 26.2 Å². The van der Waals surface area contributed by atoms with Crippen LogP contribution in [0.2, 0.25) is 0 Å². The van der Waals surface area contributed by atoms with E-state index < -0.39 is 6.10 Å². The van der Waals surface area contributed by atoms with Crippen LogP contribution in [0.4, 0.5) is 0 Å². The van der Waals surface area contributed by atoms with Crippen molar-refractivity contribution in [3.8, 4) is 0 Å². The minimum atomic E-state index is -0.391. The summed E-state index contributed by atoms with van der Waals surface area (Å²) in [5.41, 5.74) is 3.44. The summed E-state index contributed by atoms with van der Waals surface area (Å²) in [7, 11) is 1.73. The van der Waals surface area contributed by atoms with Gasteiger partial charge in [0.25, 0.3) is 0 Å². The number of rotatable bonds is 8. The van der Waals surface area contributed by atoms with Gasteiger partial charge in [0.05, 0.1) is 12.7 Å². The van der Waals surface area contributed by atoms with E-state index in [1.165, 1.54) is 11.1 Å². The fourth-order valence-electron chi connectivity index (χ4n) is 2.49. The van der Waals surface area contributed by atoms with Gasteiger partial charge in [0.1, 0.15) is 0 Å². The largest absolute Gasteiger partial charge is 0.388 e. The van der Waals surface area contributed by atoms with E-state index in [4.69, 9.17) is 4.74 Å². The lowest BCUT2D eigenvalue weighted by Gasteiger charge is -2.27. The van der Waals surface area contributed by atoms with Crippen LogP contribution in [0.5, 0.6) is 0 Å². The molecule has 0 saturated carbocycles. The molecule has 3 heteroatoms. The highest BCUT2D eigenvalue weighted by Crippen LogP contribution is 2.20. The predicted octanol–water partition coefficient (Wildman–Crippen LogP) is 3.08. The van der Waals surface area contributed by atoms with Crippen LogP contribution in [0, 0.1) is 13.8 Å². The third-order valence-electron chi connectivity index (χ3n) is 3.63. The second kappa shape index (κ2) is 8.40.